The molecule has 2 unspecified atom stereocenters. The number of aliphatic hydroxyl groups is 1. The molecule has 0 aliphatic rings. The quantitative estimate of drug-likeness (QED) is 0.808. The van der Waals surface area contributed by atoms with Gasteiger partial charge in [0.2, 0.25) is 5.91 Å². The second-order valence-electron chi connectivity index (χ2n) is 4.00. The van der Waals surface area contributed by atoms with Gasteiger partial charge in [-0.2, -0.15) is 0 Å². The molecular formula is C13H19NO3. The van der Waals surface area contributed by atoms with Crippen LogP contribution in [-0.4, -0.2) is 30.8 Å². The van der Waals surface area contributed by atoms with Gasteiger partial charge in [0.15, 0.2) is 0 Å². The van der Waals surface area contributed by atoms with E-state index < -0.39 is 12.2 Å². The minimum absolute atomic E-state index is 0.192. The van der Waals surface area contributed by atoms with Crippen molar-refractivity contribution in [2.45, 2.75) is 26.1 Å². The summed E-state index contributed by atoms with van der Waals surface area (Å²) in [6.45, 7) is 3.78. The second-order valence-corrected chi connectivity index (χ2v) is 4.00. The number of carbonyl (C=O) groups excluding carboxylic acids is 1. The Bertz CT molecular complexity index is 379. The summed E-state index contributed by atoms with van der Waals surface area (Å²) in [4.78, 5) is 11.4. The minimum atomic E-state index is -0.691. The van der Waals surface area contributed by atoms with E-state index in [1.807, 2.05) is 31.2 Å². The molecule has 0 fully saturated rings. The predicted octanol–water partition coefficient (Wildman–Crippen LogP) is 1.18. The fraction of sp³-hybridized carbons (Fsp3) is 0.462. The molecule has 2 N–H and O–H groups in total. The zero-order chi connectivity index (χ0) is 12.8. The summed E-state index contributed by atoms with van der Waals surface area (Å²) >= 11 is 0. The summed E-state index contributed by atoms with van der Waals surface area (Å²) < 4.78 is 4.88. The first-order valence-corrected chi connectivity index (χ1v) is 5.60. The fourth-order valence-corrected chi connectivity index (χ4v) is 1.52. The van der Waals surface area contributed by atoms with Gasteiger partial charge in [-0.05, 0) is 25.0 Å². The lowest BCUT2D eigenvalue weighted by Gasteiger charge is -2.16. The maximum atomic E-state index is 11.4. The lowest BCUT2D eigenvalue weighted by atomic mass is 10.0. The molecule has 0 saturated heterocycles. The predicted molar refractivity (Wildman–Crippen MR) is 65.6 cm³/mol. The number of hydrogen-bond acceptors (Lipinski definition) is 3. The van der Waals surface area contributed by atoms with Crippen LogP contribution in [0.25, 0.3) is 0 Å². The van der Waals surface area contributed by atoms with Gasteiger partial charge in [-0.15, -0.1) is 0 Å². The largest absolute Gasteiger partial charge is 0.387 e. The molecule has 4 nitrogen and oxygen atoms in total. The molecule has 1 rings (SSSR count). The van der Waals surface area contributed by atoms with Crippen molar-refractivity contribution in [1.82, 2.24) is 5.32 Å². The fourth-order valence-electron chi connectivity index (χ4n) is 1.52. The van der Waals surface area contributed by atoms with Crippen LogP contribution in [0.5, 0.6) is 0 Å². The Hall–Kier alpha value is -1.39. The molecule has 0 aromatic heterocycles. The van der Waals surface area contributed by atoms with E-state index in [0.717, 1.165) is 11.1 Å². The number of ether oxygens (including phenoxy) is 1. The number of carbonyl (C=O) groups is 1. The van der Waals surface area contributed by atoms with E-state index in [4.69, 9.17) is 4.74 Å². The summed E-state index contributed by atoms with van der Waals surface area (Å²) in [6.07, 6.45) is -1.19. The lowest BCUT2D eigenvalue weighted by Crippen LogP contribution is -2.36. The van der Waals surface area contributed by atoms with E-state index in [0.29, 0.717) is 0 Å². The van der Waals surface area contributed by atoms with E-state index in [1.165, 1.54) is 7.11 Å². The van der Waals surface area contributed by atoms with Gasteiger partial charge in [-0.3, -0.25) is 4.79 Å². The topological polar surface area (TPSA) is 58.6 Å². The number of benzene rings is 1. The molecular weight excluding hydrogens is 218 g/mol. The molecule has 0 aliphatic carbocycles. The van der Waals surface area contributed by atoms with Crippen LogP contribution in [-0.2, 0) is 9.53 Å². The van der Waals surface area contributed by atoms with Crippen molar-refractivity contribution in [3.63, 3.8) is 0 Å². The van der Waals surface area contributed by atoms with Crippen molar-refractivity contribution in [3.8, 4) is 0 Å². The number of nitrogens with one attached hydrogen (secondary N) is 1. The molecule has 0 saturated carbocycles. The monoisotopic (exact) mass is 237 g/mol. The van der Waals surface area contributed by atoms with Gasteiger partial charge in [0.1, 0.15) is 6.10 Å². The Kier molecular flexibility index (Phi) is 5.12. The Morgan fingerprint density at radius 3 is 2.71 bits per heavy atom. The number of methoxy groups -OCH3 is 1. The summed E-state index contributed by atoms with van der Waals surface area (Å²) in [5.41, 5.74) is 1.84. The first-order chi connectivity index (χ1) is 8.06. The van der Waals surface area contributed by atoms with E-state index in [-0.39, 0.29) is 12.5 Å². The van der Waals surface area contributed by atoms with Crippen molar-refractivity contribution in [2.75, 3.05) is 13.7 Å². The van der Waals surface area contributed by atoms with Gasteiger partial charge >= 0.3 is 0 Å². The molecule has 4 heteroatoms. The Balaban J connectivity index is 2.53. The Labute approximate surface area is 102 Å². The van der Waals surface area contributed by atoms with E-state index in [2.05, 4.69) is 5.32 Å². The van der Waals surface area contributed by atoms with Crippen LogP contribution in [0, 0.1) is 6.92 Å². The van der Waals surface area contributed by atoms with E-state index in [9.17, 15) is 9.90 Å². The standard InChI is InChI=1S/C13H19NO3/c1-9-6-4-5-7-11(9)12(15)8-14-13(16)10(2)17-3/h4-7,10,12,15H,8H2,1-3H3,(H,14,16). The molecule has 94 valence electrons. The first kappa shape index (κ1) is 13.7. The zero-order valence-corrected chi connectivity index (χ0v) is 10.4. The van der Waals surface area contributed by atoms with Crippen LogP contribution in [0.2, 0.25) is 0 Å². The van der Waals surface area contributed by atoms with Crippen molar-refractivity contribution >= 4 is 5.91 Å². The highest BCUT2D eigenvalue weighted by atomic mass is 16.5. The molecule has 0 heterocycles. The lowest BCUT2D eigenvalue weighted by molar-refractivity contribution is -0.130. The van der Waals surface area contributed by atoms with Crippen LogP contribution in [0.1, 0.15) is 24.2 Å². The molecule has 0 aliphatic heterocycles. The van der Waals surface area contributed by atoms with E-state index >= 15 is 0 Å². The molecule has 1 amide bonds. The van der Waals surface area contributed by atoms with Gasteiger partial charge in [0, 0.05) is 13.7 Å². The minimum Gasteiger partial charge on any atom is -0.387 e. The molecule has 0 bridgehead atoms. The zero-order valence-electron chi connectivity index (χ0n) is 10.4. The van der Waals surface area contributed by atoms with Crippen molar-refractivity contribution in [1.29, 1.82) is 0 Å². The normalized spacial score (nSPS) is 14.1. The highest BCUT2D eigenvalue weighted by molar-refractivity contribution is 5.80. The van der Waals surface area contributed by atoms with Crippen LogP contribution in [0.15, 0.2) is 24.3 Å². The maximum Gasteiger partial charge on any atom is 0.248 e. The number of amides is 1. The number of aryl methyl sites for hydroxylation is 1. The van der Waals surface area contributed by atoms with Crippen LogP contribution < -0.4 is 5.32 Å². The third-order valence-electron chi connectivity index (χ3n) is 2.74. The van der Waals surface area contributed by atoms with Gasteiger partial charge < -0.3 is 15.2 Å². The number of rotatable bonds is 5. The van der Waals surface area contributed by atoms with Gasteiger partial charge in [0.05, 0.1) is 6.10 Å². The van der Waals surface area contributed by atoms with Crippen LogP contribution in [0.4, 0.5) is 0 Å². The van der Waals surface area contributed by atoms with Crippen LogP contribution >= 0.6 is 0 Å². The van der Waals surface area contributed by atoms with Gasteiger partial charge in [-0.1, -0.05) is 24.3 Å². The van der Waals surface area contributed by atoms with E-state index in [1.54, 1.807) is 6.92 Å². The summed E-state index contributed by atoms with van der Waals surface area (Å²) in [6, 6.07) is 7.56. The average Bonchev–Trinajstić information content (AvgIpc) is 2.35. The van der Waals surface area contributed by atoms with Gasteiger partial charge in [-0.25, -0.2) is 0 Å². The number of aliphatic hydroxyl groups excluding tert-OH is 1. The third-order valence-corrected chi connectivity index (χ3v) is 2.74. The Morgan fingerprint density at radius 2 is 2.12 bits per heavy atom. The Morgan fingerprint density at radius 1 is 1.47 bits per heavy atom. The van der Waals surface area contributed by atoms with Gasteiger partial charge in [0.25, 0.3) is 0 Å². The third kappa shape index (κ3) is 3.84. The molecule has 2 atom stereocenters. The maximum absolute atomic E-state index is 11.4. The smallest absolute Gasteiger partial charge is 0.248 e. The molecule has 1 aromatic rings. The average molecular weight is 237 g/mol. The summed E-state index contributed by atoms with van der Waals surface area (Å²) in [5, 5.41) is 12.6. The van der Waals surface area contributed by atoms with Crippen molar-refractivity contribution < 1.29 is 14.6 Å². The molecule has 1 aromatic carbocycles. The summed E-state index contributed by atoms with van der Waals surface area (Å²) in [7, 11) is 1.47. The SMILES string of the molecule is COC(C)C(=O)NCC(O)c1ccccc1C. The molecule has 0 spiro atoms. The van der Waals surface area contributed by atoms with Crippen molar-refractivity contribution in [2.24, 2.45) is 0 Å². The second kappa shape index (κ2) is 6.37. The number of hydrogen-bond donors (Lipinski definition) is 2. The highest BCUT2D eigenvalue weighted by Crippen LogP contribution is 2.16. The summed E-state index contributed by atoms with van der Waals surface area (Å²) in [5.74, 6) is -0.222. The molecule has 0 radical (unpaired) electrons. The highest BCUT2D eigenvalue weighted by Gasteiger charge is 2.14. The van der Waals surface area contributed by atoms with Crippen LogP contribution in [0.3, 0.4) is 0 Å². The molecule has 17 heavy (non-hydrogen) atoms. The first-order valence-electron chi connectivity index (χ1n) is 5.60. The van der Waals surface area contributed by atoms with Crippen molar-refractivity contribution in [3.05, 3.63) is 35.4 Å².